The lowest BCUT2D eigenvalue weighted by molar-refractivity contribution is -0.122. The van der Waals surface area contributed by atoms with Gasteiger partial charge in [-0.3, -0.25) is 9.59 Å². The molecule has 0 unspecified atom stereocenters. The van der Waals surface area contributed by atoms with Crippen LogP contribution < -0.4 is 16.0 Å². The van der Waals surface area contributed by atoms with Gasteiger partial charge in [0.15, 0.2) is 5.82 Å². The second-order valence-corrected chi connectivity index (χ2v) is 6.80. The maximum Gasteiger partial charge on any atom is 0.243 e. The van der Waals surface area contributed by atoms with Gasteiger partial charge in [0, 0.05) is 16.4 Å². The number of anilines is 2. The number of amides is 2. The first-order chi connectivity index (χ1) is 14.3. The number of tetrazole rings is 1. The molecule has 3 N–H and O–H groups in total. The molecule has 1 aromatic heterocycles. The average Bonchev–Trinajstić information content (AvgIpc) is 3.15. The fraction of sp³-hybridized carbons (Fsp3) is 0.211. The van der Waals surface area contributed by atoms with Gasteiger partial charge in [0.2, 0.25) is 11.8 Å². The molecule has 1 heterocycles. The summed E-state index contributed by atoms with van der Waals surface area (Å²) in [5.74, 6) is -0.873. The van der Waals surface area contributed by atoms with Crippen molar-refractivity contribution in [3.05, 3.63) is 58.6 Å². The second kappa shape index (κ2) is 9.31. The Hall–Kier alpha value is -3.53. The van der Waals surface area contributed by atoms with Crippen molar-refractivity contribution < 1.29 is 14.0 Å². The lowest BCUT2D eigenvalue weighted by atomic mass is 10.2. The number of carbonyl (C=O) groups excluding carboxylic acids is 2. The van der Waals surface area contributed by atoms with Crippen molar-refractivity contribution >= 4 is 34.8 Å². The first kappa shape index (κ1) is 21.2. The van der Waals surface area contributed by atoms with Crippen LogP contribution in [0.3, 0.4) is 0 Å². The minimum Gasteiger partial charge on any atom is -0.376 e. The van der Waals surface area contributed by atoms with Crippen molar-refractivity contribution in [2.75, 3.05) is 23.7 Å². The van der Waals surface area contributed by atoms with E-state index in [-0.39, 0.29) is 24.7 Å². The van der Waals surface area contributed by atoms with Gasteiger partial charge in [-0.15, -0.1) is 5.10 Å². The highest BCUT2D eigenvalue weighted by Crippen LogP contribution is 2.22. The molecule has 0 aliphatic carbocycles. The first-order valence-electron chi connectivity index (χ1n) is 8.95. The van der Waals surface area contributed by atoms with Crippen molar-refractivity contribution in [3.8, 4) is 5.69 Å². The van der Waals surface area contributed by atoms with E-state index in [0.717, 1.165) is 5.56 Å². The molecule has 2 aromatic carbocycles. The lowest BCUT2D eigenvalue weighted by Gasteiger charge is -2.11. The second-order valence-electron chi connectivity index (χ2n) is 6.39. The monoisotopic (exact) mass is 431 g/mol. The number of carbonyl (C=O) groups is 2. The predicted molar refractivity (Wildman–Crippen MR) is 110 cm³/mol. The summed E-state index contributed by atoms with van der Waals surface area (Å²) in [6, 6.07) is 9.39. The number of hydrogen-bond acceptors (Lipinski definition) is 6. The molecule has 0 atom stereocenters. The van der Waals surface area contributed by atoms with Gasteiger partial charge in [0.05, 0.1) is 13.1 Å². The Morgan fingerprint density at radius 2 is 1.93 bits per heavy atom. The van der Waals surface area contributed by atoms with Gasteiger partial charge in [0.1, 0.15) is 11.5 Å². The van der Waals surface area contributed by atoms with Gasteiger partial charge in [-0.05, 0) is 60.2 Å². The molecule has 11 heteroatoms. The van der Waals surface area contributed by atoms with Crippen LogP contribution in [0.4, 0.5) is 15.8 Å². The summed E-state index contributed by atoms with van der Waals surface area (Å²) in [5.41, 5.74) is 1.97. The molecule has 0 aliphatic heterocycles. The maximum atomic E-state index is 14.1. The van der Waals surface area contributed by atoms with Crippen LogP contribution in [-0.2, 0) is 9.59 Å². The fourth-order valence-corrected chi connectivity index (χ4v) is 2.77. The molecule has 0 saturated heterocycles. The van der Waals surface area contributed by atoms with Crippen LogP contribution >= 0.6 is 11.6 Å². The molecule has 156 valence electrons. The Bertz CT molecular complexity index is 1090. The zero-order valence-corrected chi connectivity index (χ0v) is 17.0. The van der Waals surface area contributed by atoms with E-state index in [1.807, 2.05) is 0 Å². The van der Waals surface area contributed by atoms with E-state index in [1.54, 1.807) is 32.0 Å². The highest BCUT2D eigenvalue weighted by molar-refractivity contribution is 6.31. The summed E-state index contributed by atoms with van der Waals surface area (Å²) in [4.78, 5) is 24.1. The van der Waals surface area contributed by atoms with Crippen LogP contribution in [0.5, 0.6) is 0 Å². The third kappa shape index (κ3) is 5.09. The number of halogens is 2. The standard InChI is InChI=1S/C19H19ClFN7O2/c1-11-14(20)4-3-5-16(11)24-19(30)10-23-18(29)9-22-13-6-7-15(21)17(8-13)28-12(2)25-26-27-28/h3-8,22H,9-10H2,1-2H3,(H,23,29)(H,24,30). The molecule has 9 nitrogen and oxygen atoms in total. The van der Waals surface area contributed by atoms with E-state index in [4.69, 9.17) is 11.6 Å². The van der Waals surface area contributed by atoms with Crippen molar-refractivity contribution in [1.29, 1.82) is 0 Å². The topological polar surface area (TPSA) is 114 Å². The Labute approximate surface area is 176 Å². The van der Waals surface area contributed by atoms with Crippen LogP contribution in [0, 0.1) is 19.7 Å². The Morgan fingerprint density at radius 1 is 1.13 bits per heavy atom. The van der Waals surface area contributed by atoms with Crippen molar-refractivity contribution in [1.82, 2.24) is 25.5 Å². The fourth-order valence-electron chi connectivity index (χ4n) is 2.60. The summed E-state index contributed by atoms with van der Waals surface area (Å²) in [6.07, 6.45) is 0. The minimum atomic E-state index is -0.506. The molecular weight excluding hydrogens is 413 g/mol. The third-order valence-electron chi connectivity index (χ3n) is 4.24. The zero-order chi connectivity index (χ0) is 21.7. The van der Waals surface area contributed by atoms with Crippen LogP contribution in [0.15, 0.2) is 36.4 Å². The maximum absolute atomic E-state index is 14.1. The van der Waals surface area contributed by atoms with Crippen LogP contribution in [0.2, 0.25) is 5.02 Å². The predicted octanol–water partition coefficient (Wildman–Crippen LogP) is 2.24. The van der Waals surface area contributed by atoms with E-state index < -0.39 is 11.7 Å². The molecule has 0 fully saturated rings. The van der Waals surface area contributed by atoms with Crippen LogP contribution in [-0.4, -0.2) is 45.1 Å². The van der Waals surface area contributed by atoms with Gasteiger partial charge < -0.3 is 16.0 Å². The number of rotatable bonds is 7. The molecule has 0 spiro atoms. The molecule has 3 aromatic rings. The zero-order valence-electron chi connectivity index (χ0n) is 16.2. The normalized spacial score (nSPS) is 10.5. The summed E-state index contributed by atoms with van der Waals surface area (Å²) in [7, 11) is 0. The molecular formula is C19H19ClFN7O2. The molecule has 30 heavy (non-hydrogen) atoms. The van der Waals surface area contributed by atoms with Gasteiger partial charge in [-0.25, -0.2) is 4.39 Å². The summed E-state index contributed by atoms with van der Waals surface area (Å²) in [6.45, 7) is 3.12. The molecule has 3 rings (SSSR count). The number of aromatic nitrogens is 4. The third-order valence-corrected chi connectivity index (χ3v) is 4.65. The smallest absolute Gasteiger partial charge is 0.243 e. The van der Waals surface area contributed by atoms with Crippen LogP contribution in [0.25, 0.3) is 5.69 Å². The number of nitrogens with one attached hydrogen (secondary N) is 3. The summed E-state index contributed by atoms with van der Waals surface area (Å²) < 4.78 is 15.3. The van der Waals surface area contributed by atoms with E-state index >= 15 is 0 Å². The van der Waals surface area contributed by atoms with E-state index in [9.17, 15) is 14.0 Å². The van der Waals surface area contributed by atoms with Crippen LogP contribution in [0.1, 0.15) is 11.4 Å². The first-order valence-corrected chi connectivity index (χ1v) is 9.33. The number of benzene rings is 2. The van der Waals surface area contributed by atoms with E-state index in [0.29, 0.717) is 22.2 Å². The highest BCUT2D eigenvalue weighted by atomic mass is 35.5. The molecule has 0 radical (unpaired) electrons. The molecule has 0 saturated carbocycles. The molecule has 0 aliphatic rings. The van der Waals surface area contributed by atoms with Gasteiger partial charge in [-0.1, -0.05) is 17.7 Å². The Morgan fingerprint density at radius 3 is 2.67 bits per heavy atom. The Balaban J connectivity index is 1.52. The van der Waals surface area contributed by atoms with Gasteiger partial charge in [0.25, 0.3) is 0 Å². The highest BCUT2D eigenvalue weighted by Gasteiger charge is 2.12. The van der Waals surface area contributed by atoms with E-state index in [1.165, 1.54) is 22.9 Å². The largest absolute Gasteiger partial charge is 0.376 e. The average molecular weight is 432 g/mol. The lowest BCUT2D eigenvalue weighted by Crippen LogP contribution is -2.36. The Kier molecular flexibility index (Phi) is 6.58. The van der Waals surface area contributed by atoms with Gasteiger partial charge >= 0.3 is 0 Å². The van der Waals surface area contributed by atoms with Crippen molar-refractivity contribution in [3.63, 3.8) is 0 Å². The van der Waals surface area contributed by atoms with Gasteiger partial charge in [-0.2, -0.15) is 4.68 Å². The number of nitrogens with zero attached hydrogens (tertiary/aromatic N) is 4. The van der Waals surface area contributed by atoms with Crippen molar-refractivity contribution in [2.24, 2.45) is 0 Å². The number of hydrogen-bond donors (Lipinski definition) is 3. The summed E-state index contributed by atoms with van der Waals surface area (Å²) in [5, 5.41) is 19.6. The van der Waals surface area contributed by atoms with Crippen molar-refractivity contribution in [2.45, 2.75) is 13.8 Å². The quantitative estimate of drug-likeness (QED) is 0.528. The molecule has 2 amide bonds. The number of aryl methyl sites for hydroxylation is 1. The minimum absolute atomic E-state index is 0.108. The molecule has 0 bridgehead atoms. The SMILES string of the molecule is Cc1c(Cl)cccc1NC(=O)CNC(=O)CNc1ccc(F)c(-n2nnnc2C)c1. The van der Waals surface area contributed by atoms with E-state index in [2.05, 4.69) is 31.5 Å². The summed E-state index contributed by atoms with van der Waals surface area (Å²) >= 11 is 6.02.